The summed E-state index contributed by atoms with van der Waals surface area (Å²) in [6.07, 6.45) is 1.21. The van der Waals surface area contributed by atoms with E-state index in [9.17, 15) is 0 Å². The van der Waals surface area contributed by atoms with Gasteiger partial charge in [0.25, 0.3) is 0 Å². The molecular weight excluding hydrogens is 493 g/mol. The highest BCUT2D eigenvalue weighted by Gasteiger charge is 2.30. The number of guanidine groups is 1. The van der Waals surface area contributed by atoms with Crippen molar-refractivity contribution in [1.29, 1.82) is 0 Å². The fourth-order valence-electron chi connectivity index (χ4n) is 4.40. The van der Waals surface area contributed by atoms with Crippen LogP contribution in [0.25, 0.3) is 0 Å². The normalized spacial score (nSPS) is 23.4. The topological polar surface area (TPSA) is 52.6 Å². The Morgan fingerprint density at radius 3 is 2.33 bits per heavy atom. The van der Waals surface area contributed by atoms with E-state index in [1.54, 1.807) is 0 Å². The first-order valence-electron chi connectivity index (χ1n) is 11.1. The monoisotopic (exact) mass is 529 g/mol. The molecule has 0 aliphatic carbocycles. The number of morpholine rings is 2. The van der Waals surface area contributed by atoms with Gasteiger partial charge in [-0.05, 0) is 31.0 Å². The van der Waals surface area contributed by atoms with E-state index in [4.69, 9.17) is 14.5 Å². The van der Waals surface area contributed by atoms with E-state index in [0.29, 0.717) is 12.6 Å². The Bertz CT molecular complexity index is 660. The quantitative estimate of drug-likeness (QED) is 0.358. The smallest absolute Gasteiger partial charge is 0.194 e. The molecule has 0 radical (unpaired) electrons. The Hall–Kier alpha value is -1.10. The van der Waals surface area contributed by atoms with E-state index in [1.807, 2.05) is 0 Å². The van der Waals surface area contributed by atoms with E-state index in [0.717, 1.165) is 78.2 Å². The largest absolute Gasteiger partial charge is 0.379 e. The van der Waals surface area contributed by atoms with Gasteiger partial charge in [0.05, 0.1) is 33.0 Å². The molecule has 0 bridgehead atoms. The molecule has 1 aromatic carbocycles. The first kappa shape index (κ1) is 23.6. The van der Waals surface area contributed by atoms with Gasteiger partial charge in [0.1, 0.15) is 0 Å². The molecule has 0 saturated carbocycles. The standard InChI is InChI=1S/C22H35N5O2.HI/c1-2-23-22(27-8-7-21(18-27)26-11-15-29-16-12-26)24-17-19-3-5-20(6-4-19)25-9-13-28-14-10-25;/h3-6,21H,2,7-18H2,1H3,(H,23,24);1H. The zero-order valence-electron chi connectivity index (χ0n) is 18.1. The number of ether oxygens (including phenoxy) is 2. The van der Waals surface area contributed by atoms with Crippen molar-refractivity contribution in [3.8, 4) is 0 Å². The third kappa shape index (κ3) is 6.21. The van der Waals surface area contributed by atoms with Crippen molar-refractivity contribution in [2.45, 2.75) is 25.9 Å². The second-order valence-electron chi connectivity index (χ2n) is 7.97. The lowest BCUT2D eigenvalue weighted by Gasteiger charge is -2.32. The molecule has 0 spiro atoms. The molecule has 3 fully saturated rings. The van der Waals surface area contributed by atoms with Gasteiger partial charge in [-0.25, -0.2) is 4.99 Å². The predicted molar refractivity (Wildman–Crippen MR) is 132 cm³/mol. The molecule has 3 aliphatic rings. The number of likely N-dealkylation sites (tertiary alicyclic amines) is 1. The summed E-state index contributed by atoms with van der Waals surface area (Å²) >= 11 is 0. The van der Waals surface area contributed by atoms with Crippen LogP contribution in [-0.4, -0.2) is 94.0 Å². The van der Waals surface area contributed by atoms with Crippen LogP contribution in [-0.2, 0) is 16.0 Å². The Morgan fingerprint density at radius 1 is 1.00 bits per heavy atom. The van der Waals surface area contributed by atoms with Crippen LogP contribution in [0.5, 0.6) is 0 Å². The maximum Gasteiger partial charge on any atom is 0.194 e. The summed E-state index contributed by atoms with van der Waals surface area (Å²) < 4.78 is 11.0. The summed E-state index contributed by atoms with van der Waals surface area (Å²) in [5.74, 6) is 1.04. The molecule has 8 heteroatoms. The molecule has 1 aromatic rings. The van der Waals surface area contributed by atoms with Crippen LogP contribution >= 0.6 is 24.0 Å². The highest BCUT2D eigenvalue weighted by molar-refractivity contribution is 14.0. The minimum Gasteiger partial charge on any atom is -0.379 e. The SMILES string of the molecule is CCNC(=NCc1ccc(N2CCOCC2)cc1)N1CCC(N2CCOCC2)C1.I. The summed E-state index contributed by atoms with van der Waals surface area (Å²) in [5.41, 5.74) is 2.53. The van der Waals surface area contributed by atoms with Crippen LogP contribution in [0.2, 0.25) is 0 Å². The Labute approximate surface area is 197 Å². The molecule has 30 heavy (non-hydrogen) atoms. The first-order valence-corrected chi connectivity index (χ1v) is 11.1. The molecule has 0 amide bonds. The lowest BCUT2D eigenvalue weighted by Crippen LogP contribution is -2.46. The number of hydrogen-bond acceptors (Lipinski definition) is 5. The predicted octanol–water partition coefficient (Wildman–Crippen LogP) is 2.01. The number of nitrogens with zero attached hydrogens (tertiary/aromatic N) is 4. The van der Waals surface area contributed by atoms with Gasteiger partial charge in [-0.15, -0.1) is 24.0 Å². The van der Waals surface area contributed by atoms with Crippen LogP contribution in [0.4, 0.5) is 5.69 Å². The highest BCUT2D eigenvalue weighted by atomic mass is 127. The number of halogens is 1. The molecule has 7 nitrogen and oxygen atoms in total. The lowest BCUT2D eigenvalue weighted by molar-refractivity contribution is 0.0195. The molecule has 168 valence electrons. The van der Waals surface area contributed by atoms with Crippen molar-refractivity contribution in [2.75, 3.05) is 77.1 Å². The molecule has 4 rings (SSSR count). The lowest BCUT2D eigenvalue weighted by atomic mass is 10.2. The molecule has 3 aliphatic heterocycles. The van der Waals surface area contributed by atoms with Crippen molar-refractivity contribution >= 4 is 35.6 Å². The van der Waals surface area contributed by atoms with Crippen molar-refractivity contribution < 1.29 is 9.47 Å². The summed E-state index contributed by atoms with van der Waals surface area (Å²) in [6, 6.07) is 9.47. The molecule has 3 saturated heterocycles. The van der Waals surface area contributed by atoms with Crippen LogP contribution in [0, 0.1) is 0 Å². The van der Waals surface area contributed by atoms with Crippen LogP contribution in [0.15, 0.2) is 29.3 Å². The second-order valence-corrected chi connectivity index (χ2v) is 7.97. The van der Waals surface area contributed by atoms with Gasteiger partial charge in [0, 0.05) is 57.5 Å². The van der Waals surface area contributed by atoms with Crippen molar-refractivity contribution in [2.24, 2.45) is 4.99 Å². The molecular formula is C22H36IN5O2. The van der Waals surface area contributed by atoms with Crippen molar-refractivity contribution in [3.05, 3.63) is 29.8 Å². The highest BCUT2D eigenvalue weighted by Crippen LogP contribution is 2.19. The van der Waals surface area contributed by atoms with Gasteiger partial charge in [-0.1, -0.05) is 12.1 Å². The fourth-order valence-corrected chi connectivity index (χ4v) is 4.40. The maximum atomic E-state index is 5.51. The van der Waals surface area contributed by atoms with Gasteiger partial charge in [-0.3, -0.25) is 4.90 Å². The van der Waals surface area contributed by atoms with Crippen LogP contribution < -0.4 is 10.2 Å². The van der Waals surface area contributed by atoms with Gasteiger partial charge >= 0.3 is 0 Å². The summed E-state index contributed by atoms with van der Waals surface area (Å²) in [4.78, 5) is 12.3. The van der Waals surface area contributed by atoms with E-state index in [2.05, 4.69) is 51.2 Å². The molecule has 1 unspecified atom stereocenters. The number of aliphatic imine (C=N–C) groups is 1. The minimum atomic E-state index is 0. The third-order valence-corrected chi connectivity index (χ3v) is 6.08. The van der Waals surface area contributed by atoms with Crippen molar-refractivity contribution in [1.82, 2.24) is 15.1 Å². The van der Waals surface area contributed by atoms with Gasteiger partial charge in [-0.2, -0.15) is 0 Å². The van der Waals surface area contributed by atoms with E-state index >= 15 is 0 Å². The average Bonchev–Trinajstić information content (AvgIpc) is 3.28. The minimum absolute atomic E-state index is 0. The van der Waals surface area contributed by atoms with Crippen LogP contribution in [0.3, 0.4) is 0 Å². The Kier molecular flexibility index (Phi) is 9.48. The molecule has 3 heterocycles. The Morgan fingerprint density at radius 2 is 1.67 bits per heavy atom. The third-order valence-electron chi connectivity index (χ3n) is 6.08. The molecule has 0 aromatic heterocycles. The molecule has 1 N–H and O–H groups in total. The van der Waals surface area contributed by atoms with Crippen molar-refractivity contribution in [3.63, 3.8) is 0 Å². The van der Waals surface area contributed by atoms with Gasteiger partial charge in [0.2, 0.25) is 0 Å². The summed E-state index contributed by atoms with van der Waals surface area (Å²) in [7, 11) is 0. The maximum absolute atomic E-state index is 5.51. The first-order chi connectivity index (χ1) is 14.3. The Balaban J connectivity index is 0.00000256. The van der Waals surface area contributed by atoms with Gasteiger partial charge in [0.15, 0.2) is 5.96 Å². The van der Waals surface area contributed by atoms with Crippen LogP contribution in [0.1, 0.15) is 18.9 Å². The number of benzene rings is 1. The number of anilines is 1. The summed E-state index contributed by atoms with van der Waals surface area (Å²) in [5, 5.41) is 3.49. The summed E-state index contributed by atoms with van der Waals surface area (Å²) in [6.45, 7) is 13.3. The van der Waals surface area contributed by atoms with E-state index in [-0.39, 0.29) is 24.0 Å². The molecule has 1 atom stereocenters. The average molecular weight is 529 g/mol. The van der Waals surface area contributed by atoms with Gasteiger partial charge < -0.3 is 24.6 Å². The second kappa shape index (κ2) is 12.1. The zero-order chi connectivity index (χ0) is 19.9. The zero-order valence-corrected chi connectivity index (χ0v) is 20.4. The number of nitrogens with one attached hydrogen (secondary N) is 1. The number of rotatable bonds is 5. The van der Waals surface area contributed by atoms with E-state index in [1.165, 1.54) is 17.7 Å². The van der Waals surface area contributed by atoms with E-state index < -0.39 is 0 Å². The fraction of sp³-hybridized carbons (Fsp3) is 0.682. The number of hydrogen-bond donors (Lipinski definition) is 1.